The summed E-state index contributed by atoms with van der Waals surface area (Å²) in [6.45, 7) is 1.65. The topological polar surface area (TPSA) is 99.8 Å². The Morgan fingerprint density at radius 1 is 1.45 bits per heavy atom. The minimum Gasteiger partial charge on any atom is -0.369 e. The average Bonchev–Trinajstić information content (AvgIpc) is 2.74. The summed E-state index contributed by atoms with van der Waals surface area (Å²) in [6.07, 6.45) is 0.224. The number of benzene rings is 1. The molecule has 6 nitrogen and oxygen atoms in total. The molecule has 20 heavy (non-hydrogen) atoms. The number of aromatic nitrogens is 3. The fourth-order valence-electron chi connectivity index (χ4n) is 1.54. The minimum atomic E-state index is -0.470. The maximum Gasteiger partial charge on any atom is 0.230 e. The third-order valence-electron chi connectivity index (χ3n) is 2.72. The number of hydrogen-bond donors (Lipinski definition) is 2. The van der Waals surface area contributed by atoms with Gasteiger partial charge in [0.05, 0.1) is 5.25 Å². The lowest BCUT2D eigenvalue weighted by Crippen LogP contribution is -2.24. The van der Waals surface area contributed by atoms with Gasteiger partial charge >= 0.3 is 0 Å². The van der Waals surface area contributed by atoms with E-state index in [1.54, 1.807) is 25.1 Å². The first-order valence-electron chi connectivity index (χ1n) is 5.87. The lowest BCUT2D eigenvalue weighted by Gasteiger charge is -2.07. The van der Waals surface area contributed by atoms with Crippen molar-refractivity contribution in [1.29, 1.82) is 0 Å². The Kier molecular flexibility index (Phi) is 4.23. The maximum absolute atomic E-state index is 13.6. The molecule has 0 aliphatic heterocycles. The summed E-state index contributed by atoms with van der Waals surface area (Å²) in [4.78, 5) is 11.0. The number of hydrogen-bond acceptors (Lipinski definition) is 5. The summed E-state index contributed by atoms with van der Waals surface area (Å²) in [6, 6.07) is 6.38. The predicted octanol–water partition coefficient (Wildman–Crippen LogP) is 0.688. The highest BCUT2D eigenvalue weighted by Crippen LogP contribution is 2.21. The summed E-state index contributed by atoms with van der Waals surface area (Å²) in [5, 5.41) is 7.69. The molecule has 2 aromatic rings. The van der Waals surface area contributed by atoms with Crippen molar-refractivity contribution in [2.24, 2.45) is 5.73 Å². The number of nitrogen functional groups attached to an aromatic ring is 1. The van der Waals surface area contributed by atoms with Crippen molar-refractivity contribution in [3.05, 3.63) is 41.5 Å². The second-order valence-electron chi connectivity index (χ2n) is 4.20. The first-order valence-corrected chi connectivity index (χ1v) is 6.75. The summed E-state index contributed by atoms with van der Waals surface area (Å²) in [7, 11) is 0. The number of primary amides is 1. The zero-order valence-electron chi connectivity index (χ0n) is 10.8. The van der Waals surface area contributed by atoms with E-state index in [-0.39, 0.29) is 12.2 Å². The number of nitrogens with zero attached hydrogens (tertiary/aromatic N) is 3. The zero-order valence-corrected chi connectivity index (χ0v) is 11.6. The van der Waals surface area contributed by atoms with Crippen molar-refractivity contribution in [2.75, 3.05) is 5.84 Å². The van der Waals surface area contributed by atoms with Gasteiger partial charge < -0.3 is 11.6 Å². The average molecular weight is 295 g/mol. The number of rotatable bonds is 5. The van der Waals surface area contributed by atoms with E-state index >= 15 is 0 Å². The van der Waals surface area contributed by atoms with E-state index in [1.165, 1.54) is 10.7 Å². The molecule has 1 aromatic heterocycles. The highest BCUT2D eigenvalue weighted by Gasteiger charge is 2.17. The Morgan fingerprint density at radius 2 is 2.15 bits per heavy atom. The Balaban J connectivity index is 2.17. The van der Waals surface area contributed by atoms with Crippen molar-refractivity contribution < 1.29 is 9.18 Å². The molecule has 0 fully saturated rings. The number of thioether (sulfide) groups is 1. The second-order valence-corrected chi connectivity index (χ2v) is 5.51. The van der Waals surface area contributed by atoms with Crippen LogP contribution in [0.2, 0.25) is 0 Å². The van der Waals surface area contributed by atoms with E-state index in [0.29, 0.717) is 16.5 Å². The van der Waals surface area contributed by atoms with E-state index in [9.17, 15) is 9.18 Å². The highest BCUT2D eigenvalue weighted by atomic mass is 32.2. The smallest absolute Gasteiger partial charge is 0.230 e. The van der Waals surface area contributed by atoms with Gasteiger partial charge in [-0.15, -0.1) is 10.2 Å². The first kappa shape index (κ1) is 14.3. The molecule has 0 aliphatic rings. The summed E-state index contributed by atoms with van der Waals surface area (Å²) >= 11 is 1.11. The SMILES string of the molecule is CC(Sc1nnc(Cc2ccccc2F)n1N)C(N)=O. The summed E-state index contributed by atoms with van der Waals surface area (Å²) in [5.74, 6) is 5.47. The van der Waals surface area contributed by atoms with Gasteiger partial charge in [-0.05, 0) is 18.6 Å². The molecule has 106 valence electrons. The zero-order chi connectivity index (χ0) is 14.7. The van der Waals surface area contributed by atoms with Gasteiger partial charge in [0.2, 0.25) is 11.1 Å². The van der Waals surface area contributed by atoms with E-state index in [2.05, 4.69) is 10.2 Å². The van der Waals surface area contributed by atoms with Gasteiger partial charge in [-0.25, -0.2) is 9.07 Å². The maximum atomic E-state index is 13.6. The van der Waals surface area contributed by atoms with Crippen LogP contribution >= 0.6 is 11.8 Å². The molecule has 0 saturated heterocycles. The Morgan fingerprint density at radius 3 is 2.80 bits per heavy atom. The van der Waals surface area contributed by atoms with E-state index < -0.39 is 11.2 Å². The normalized spacial score (nSPS) is 12.3. The Hall–Kier alpha value is -2.09. The molecule has 1 aromatic carbocycles. The van der Waals surface area contributed by atoms with Crippen LogP contribution in [0.15, 0.2) is 29.4 Å². The number of nitrogens with two attached hydrogens (primary N) is 2. The molecule has 4 N–H and O–H groups in total. The fraction of sp³-hybridized carbons (Fsp3) is 0.250. The van der Waals surface area contributed by atoms with E-state index in [1.807, 2.05) is 0 Å². The molecule has 1 heterocycles. The molecule has 1 unspecified atom stereocenters. The van der Waals surface area contributed by atoms with Crippen LogP contribution in [0.25, 0.3) is 0 Å². The van der Waals surface area contributed by atoms with Crippen LogP contribution in [-0.4, -0.2) is 26.0 Å². The van der Waals surface area contributed by atoms with Crippen LogP contribution in [0.3, 0.4) is 0 Å². The van der Waals surface area contributed by atoms with Crippen LogP contribution in [0.1, 0.15) is 18.3 Å². The van der Waals surface area contributed by atoms with Crippen molar-refractivity contribution in [2.45, 2.75) is 23.8 Å². The molecular weight excluding hydrogens is 281 g/mol. The fourth-order valence-corrected chi connectivity index (χ4v) is 2.28. The summed E-state index contributed by atoms with van der Waals surface area (Å²) < 4.78 is 14.8. The van der Waals surface area contributed by atoms with Crippen molar-refractivity contribution >= 4 is 17.7 Å². The second kappa shape index (κ2) is 5.91. The van der Waals surface area contributed by atoms with Gasteiger partial charge in [-0.3, -0.25) is 4.79 Å². The van der Waals surface area contributed by atoms with Crippen LogP contribution in [0.4, 0.5) is 4.39 Å². The first-order chi connectivity index (χ1) is 9.49. The van der Waals surface area contributed by atoms with Gasteiger partial charge in [-0.1, -0.05) is 30.0 Å². The molecule has 0 radical (unpaired) electrons. The van der Waals surface area contributed by atoms with E-state index in [0.717, 1.165) is 11.8 Å². The van der Waals surface area contributed by atoms with Gasteiger partial charge in [0.15, 0.2) is 5.82 Å². The molecule has 8 heteroatoms. The third kappa shape index (κ3) is 3.08. The highest BCUT2D eigenvalue weighted by molar-refractivity contribution is 8.00. The van der Waals surface area contributed by atoms with Gasteiger partial charge in [0.1, 0.15) is 5.82 Å². The molecule has 0 aliphatic carbocycles. The van der Waals surface area contributed by atoms with Crippen LogP contribution in [0.5, 0.6) is 0 Å². The molecule has 0 bridgehead atoms. The molecule has 0 spiro atoms. The van der Waals surface area contributed by atoms with Crippen molar-refractivity contribution in [1.82, 2.24) is 14.9 Å². The minimum absolute atomic E-state index is 0.224. The van der Waals surface area contributed by atoms with Crippen molar-refractivity contribution in [3.63, 3.8) is 0 Å². The molecule has 1 atom stereocenters. The van der Waals surface area contributed by atoms with Gasteiger partial charge in [-0.2, -0.15) is 0 Å². The number of carbonyl (C=O) groups is 1. The van der Waals surface area contributed by atoms with Gasteiger partial charge in [0.25, 0.3) is 0 Å². The van der Waals surface area contributed by atoms with E-state index in [4.69, 9.17) is 11.6 Å². The van der Waals surface area contributed by atoms with Crippen LogP contribution < -0.4 is 11.6 Å². The standard InChI is InChI=1S/C12H14FN5OS/c1-7(11(14)19)20-12-17-16-10(18(12)15)6-8-4-2-3-5-9(8)13/h2-5,7H,6,15H2,1H3,(H2,14,19). The predicted molar refractivity (Wildman–Crippen MR) is 73.9 cm³/mol. The Bertz CT molecular complexity index is 630. The molecule has 0 saturated carbocycles. The number of carbonyl (C=O) groups excluding carboxylic acids is 1. The lowest BCUT2D eigenvalue weighted by atomic mass is 10.1. The lowest BCUT2D eigenvalue weighted by molar-refractivity contribution is -0.117. The third-order valence-corrected chi connectivity index (χ3v) is 3.80. The number of halogens is 1. The molecule has 1 amide bonds. The largest absolute Gasteiger partial charge is 0.369 e. The van der Waals surface area contributed by atoms with Crippen molar-refractivity contribution in [3.8, 4) is 0 Å². The monoisotopic (exact) mass is 295 g/mol. The molecule has 2 rings (SSSR count). The number of amides is 1. The van der Waals surface area contributed by atoms with Gasteiger partial charge in [0, 0.05) is 6.42 Å². The van der Waals surface area contributed by atoms with Crippen LogP contribution in [-0.2, 0) is 11.2 Å². The quantitative estimate of drug-likeness (QED) is 0.624. The molecular formula is C12H14FN5OS. The Labute approximate surface area is 119 Å². The summed E-state index contributed by atoms with van der Waals surface area (Å²) in [5.41, 5.74) is 5.65. The van der Waals surface area contributed by atoms with Crippen LogP contribution in [0, 0.1) is 5.82 Å².